The van der Waals surface area contributed by atoms with E-state index in [2.05, 4.69) is 26.7 Å². The standard InChI is InChI=1S/C13H19N5O/c1-3-17-6-8-18(9-7-17)13-15-10(2)11(4-5-14)12(19)16-13/h11H,3-4,6-9H2,1-2H3. The first-order valence-corrected chi connectivity index (χ1v) is 6.67. The minimum atomic E-state index is -0.453. The molecule has 0 aliphatic carbocycles. The van der Waals surface area contributed by atoms with Crippen LogP contribution >= 0.6 is 0 Å². The molecule has 1 unspecified atom stereocenters. The van der Waals surface area contributed by atoms with Gasteiger partial charge in [0, 0.05) is 31.9 Å². The molecule has 0 bridgehead atoms. The molecule has 0 saturated carbocycles. The zero-order valence-electron chi connectivity index (χ0n) is 11.5. The molecule has 19 heavy (non-hydrogen) atoms. The fraction of sp³-hybridized carbons (Fsp3) is 0.692. The van der Waals surface area contributed by atoms with Crippen LogP contribution < -0.4 is 0 Å². The minimum absolute atomic E-state index is 0.161. The first-order valence-electron chi connectivity index (χ1n) is 6.67. The second-order valence-electron chi connectivity index (χ2n) is 4.84. The fourth-order valence-electron chi connectivity index (χ4n) is 2.35. The van der Waals surface area contributed by atoms with Gasteiger partial charge in [0.05, 0.1) is 18.4 Å². The number of hydrogen-bond acceptors (Lipinski definition) is 5. The lowest BCUT2D eigenvalue weighted by atomic mass is 9.99. The van der Waals surface area contributed by atoms with Gasteiger partial charge in [0.25, 0.3) is 5.91 Å². The van der Waals surface area contributed by atoms with Crippen LogP contribution in [0.15, 0.2) is 9.98 Å². The molecule has 2 rings (SSSR count). The average Bonchev–Trinajstić information content (AvgIpc) is 2.43. The summed E-state index contributed by atoms with van der Waals surface area (Å²) in [5, 5.41) is 8.70. The van der Waals surface area contributed by atoms with Crippen molar-refractivity contribution in [3.05, 3.63) is 0 Å². The second kappa shape index (κ2) is 5.93. The molecule has 0 spiro atoms. The first kappa shape index (κ1) is 13.7. The Morgan fingerprint density at radius 1 is 1.32 bits per heavy atom. The van der Waals surface area contributed by atoms with E-state index < -0.39 is 5.92 Å². The van der Waals surface area contributed by atoms with Gasteiger partial charge in [-0.3, -0.25) is 4.79 Å². The Balaban J connectivity index is 2.05. The van der Waals surface area contributed by atoms with Gasteiger partial charge in [-0.2, -0.15) is 10.3 Å². The van der Waals surface area contributed by atoms with Crippen LogP contribution in [0.4, 0.5) is 0 Å². The molecule has 0 N–H and O–H groups in total. The highest BCUT2D eigenvalue weighted by atomic mass is 16.1. The molecule has 6 heteroatoms. The van der Waals surface area contributed by atoms with Gasteiger partial charge in [-0.15, -0.1) is 0 Å². The maximum Gasteiger partial charge on any atom is 0.258 e. The van der Waals surface area contributed by atoms with Crippen LogP contribution in [0.3, 0.4) is 0 Å². The van der Waals surface area contributed by atoms with E-state index in [-0.39, 0.29) is 12.3 Å². The summed E-state index contributed by atoms with van der Waals surface area (Å²) in [6.07, 6.45) is 0.161. The van der Waals surface area contributed by atoms with Crippen LogP contribution in [0.1, 0.15) is 20.3 Å². The highest BCUT2D eigenvalue weighted by Gasteiger charge is 2.29. The molecule has 1 fully saturated rings. The highest BCUT2D eigenvalue weighted by Crippen LogP contribution is 2.15. The molecule has 2 aliphatic rings. The number of piperazine rings is 1. The lowest BCUT2D eigenvalue weighted by molar-refractivity contribution is -0.119. The summed E-state index contributed by atoms with van der Waals surface area (Å²) in [7, 11) is 0. The summed E-state index contributed by atoms with van der Waals surface area (Å²) >= 11 is 0. The lowest BCUT2D eigenvalue weighted by Crippen LogP contribution is -2.49. The first-order chi connectivity index (χ1) is 9.15. The van der Waals surface area contributed by atoms with E-state index in [1.54, 1.807) is 6.92 Å². The molecular formula is C13H19N5O. The number of hydrogen-bond donors (Lipinski definition) is 0. The van der Waals surface area contributed by atoms with Gasteiger partial charge < -0.3 is 9.80 Å². The van der Waals surface area contributed by atoms with Crippen molar-refractivity contribution in [2.75, 3.05) is 32.7 Å². The number of guanidine groups is 1. The van der Waals surface area contributed by atoms with Crippen LogP contribution in [0.5, 0.6) is 0 Å². The van der Waals surface area contributed by atoms with Gasteiger partial charge in [0.2, 0.25) is 5.96 Å². The number of rotatable bonds is 2. The molecule has 1 saturated heterocycles. The molecular weight excluding hydrogens is 242 g/mol. The van der Waals surface area contributed by atoms with Crippen molar-refractivity contribution < 1.29 is 4.79 Å². The third kappa shape index (κ3) is 2.99. The fourth-order valence-corrected chi connectivity index (χ4v) is 2.35. The van der Waals surface area contributed by atoms with E-state index >= 15 is 0 Å². The largest absolute Gasteiger partial charge is 0.338 e. The van der Waals surface area contributed by atoms with Gasteiger partial charge in [0.1, 0.15) is 0 Å². The van der Waals surface area contributed by atoms with Crippen LogP contribution in [0.2, 0.25) is 0 Å². The molecule has 0 radical (unpaired) electrons. The van der Waals surface area contributed by atoms with Crippen LogP contribution in [-0.2, 0) is 4.79 Å². The van der Waals surface area contributed by atoms with Crippen molar-refractivity contribution in [2.24, 2.45) is 15.9 Å². The highest BCUT2D eigenvalue weighted by molar-refractivity contribution is 6.14. The SMILES string of the molecule is CCN1CCN(C2=NC(=O)C(CC#N)C(C)=N2)CC1. The lowest BCUT2D eigenvalue weighted by Gasteiger charge is -2.35. The Morgan fingerprint density at radius 3 is 2.53 bits per heavy atom. The normalized spacial score (nSPS) is 24.8. The van der Waals surface area contributed by atoms with E-state index in [0.717, 1.165) is 32.7 Å². The number of carbonyl (C=O) groups excluding carboxylic acids is 1. The van der Waals surface area contributed by atoms with E-state index in [1.165, 1.54) is 0 Å². The Bertz CT molecular complexity index is 454. The predicted molar refractivity (Wildman–Crippen MR) is 73.0 cm³/mol. The van der Waals surface area contributed by atoms with Crippen molar-refractivity contribution >= 4 is 17.6 Å². The zero-order chi connectivity index (χ0) is 13.8. The Labute approximate surface area is 113 Å². The number of nitriles is 1. The van der Waals surface area contributed by atoms with Crippen LogP contribution in [0, 0.1) is 17.2 Å². The maximum absolute atomic E-state index is 11.9. The molecule has 0 aromatic rings. The molecule has 2 heterocycles. The van der Waals surface area contributed by atoms with Crippen LogP contribution in [0.25, 0.3) is 0 Å². The predicted octanol–water partition coefficient (Wildman–Crippen LogP) is 0.511. The van der Waals surface area contributed by atoms with Gasteiger partial charge >= 0.3 is 0 Å². The summed E-state index contributed by atoms with van der Waals surface area (Å²) in [5.41, 5.74) is 0.703. The van der Waals surface area contributed by atoms with E-state index in [9.17, 15) is 4.79 Å². The Hall–Kier alpha value is -1.74. The minimum Gasteiger partial charge on any atom is -0.338 e. The topological polar surface area (TPSA) is 72.1 Å². The quantitative estimate of drug-likeness (QED) is 0.726. The molecule has 0 aromatic carbocycles. The number of likely N-dealkylation sites (N-methyl/N-ethyl adjacent to an activating group) is 1. The van der Waals surface area contributed by atoms with Gasteiger partial charge in [-0.05, 0) is 13.5 Å². The summed E-state index contributed by atoms with van der Waals surface area (Å²) in [6.45, 7) is 8.63. The van der Waals surface area contributed by atoms with Crippen molar-refractivity contribution in [1.82, 2.24) is 9.80 Å². The Kier molecular flexibility index (Phi) is 4.27. The van der Waals surface area contributed by atoms with Crippen molar-refractivity contribution in [1.29, 1.82) is 5.26 Å². The summed E-state index contributed by atoms with van der Waals surface area (Å²) in [6, 6.07) is 2.01. The smallest absolute Gasteiger partial charge is 0.258 e. The average molecular weight is 261 g/mol. The van der Waals surface area contributed by atoms with E-state index in [1.807, 2.05) is 6.07 Å². The second-order valence-corrected chi connectivity index (χ2v) is 4.84. The van der Waals surface area contributed by atoms with Gasteiger partial charge in [-0.1, -0.05) is 6.92 Å². The summed E-state index contributed by atoms with van der Waals surface area (Å²) in [4.78, 5) is 24.8. The molecule has 1 atom stereocenters. The number of amides is 1. The van der Waals surface area contributed by atoms with Crippen molar-refractivity contribution in [2.45, 2.75) is 20.3 Å². The van der Waals surface area contributed by atoms with E-state index in [4.69, 9.17) is 5.26 Å². The third-order valence-electron chi connectivity index (χ3n) is 3.69. The van der Waals surface area contributed by atoms with Crippen molar-refractivity contribution in [3.63, 3.8) is 0 Å². The molecule has 102 valence electrons. The number of carbonyl (C=O) groups is 1. The van der Waals surface area contributed by atoms with Gasteiger partial charge in [0.15, 0.2) is 0 Å². The third-order valence-corrected chi connectivity index (χ3v) is 3.69. The summed E-state index contributed by atoms with van der Waals surface area (Å²) in [5.74, 6) is -0.167. The van der Waals surface area contributed by atoms with Gasteiger partial charge in [-0.25, -0.2) is 4.99 Å². The van der Waals surface area contributed by atoms with Crippen LogP contribution in [-0.4, -0.2) is 60.1 Å². The maximum atomic E-state index is 11.9. The number of nitrogens with zero attached hydrogens (tertiary/aromatic N) is 5. The van der Waals surface area contributed by atoms with Crippen molar-refractivity contribution in [3.8, 4) is 6.07 Å². The monoisotopic (exact) mass is 261 g/mol. The zero-order valence-corrected chi connectivity index (χ0v) is 11.5. The Morgan fingerprint density at radius 2 is 2.00 bits per heavy atom. The molecule has 1 amide bonds. The molecule has 0 aromatic heterocycles. The molecule has 2 aliphatic heterocycles. The molecule has 6 nitrogen and oxygen atoms in total. The number of aliphatic imine (C=N–C) groups is 2. The summed E-state index contributed by atoms with van der Waals surface area (Å²) < 4.78 is 0. The van der Waals surface area contributed by atoms with E-state index in [0.29, 0.717) is 11.7 Å².